The smallest absolute Gasteiger partial charge is 0.191 e. The van der Waals surface area contributed by atoms with Gasteiger partial charge in [-0.05, 0) is 55.6 Å². The van der Waals surface area contributed by atoms with Crippen molar-refractivity contribution in [2.45, 2.75) is 40.3 Å². The first-order chi connectivity index (χ1) is 10.7. The van der Waals surface area contributed by atoms with Crippen molar-refractivity contribution in [1.82, 2.24) is 20.4 Å². The summed E-state index contributed by atoms with van der Waals surface area (Å²) >= 11 is 1.71. The molecule has 0 saturated carbocycles. The van der Waals surface area contributed by atoms with Gasteiger partial charge in [0.1, 0.15) is 0 Å². The summed E-state index contributed by atoms with van der Waals surface area (Å²) in [4.78, 5) is 4.60. The SMILES string of the molecule is CCNC(=NCc1ccsc1)NCCCn1nc(C)cc1C. The first kappa shape index (κ1) is 16.5. The van der Waals surface area contributed by atoms with E-state index >= 15 is 0 Å². The van der Waals surface area contributed by atoms with Gasteiger partial charge in [0.05, 0.1) is 12.2 Å². The molecule has 0 spiro atoms. The molecule has 2 aromatic heterocycles. The van der Waals surface area contributed by atoms with Gasteiger partial charge in [0.25, 0.3) is 0 Å². The van der Waals surface area contributed by atoms with E-state index in [-0.39, 0.29) is 0 Å². The van der Waals surface area contributed by atoms with E-state index in [0.717, 1.165) is 44.3 Å². The normalized spacial score (nSPS) is 11.7. The van der Waals surface area contributed by atoms with E-state index in [1.165, 1.54) is 11.3 Å². The molecule has 2 aromatic rings. The van der Waals surface area contributed by atoms with Crippen LogP contribution in [0.25, 0.3) is 0 Å². The summed E-state index contributed by atoms with van der Waals surface area (Å²) in [7, 11) is 0. The highest BCUT2D eigenvalue weighted by Gasteiger charge is 2.01. The molecule has 0 fully saturated rings. The molecule has 2 N–H and O–H groups in total. The average molecular weight is 319 g/mol. The van der Waals surface area contributed by atoms with Crippen LogP contribution in [-0.4, -0.2) is 28.8 Å². The Balaban J connectivity index is 1.76. The van der Waals surface area contributed by atoms with Crippen molar-refractivity contribution in [3.63, 3.8) is 0 Å². The van der Waals surface area contributed by atoms with Crippen molar-refractivity contribution >= 4 is 17.3 Å². The number of hydrogen-bond acceptors (Lipinski definition) is 3. The first-order valence-electron chi connectivity index (χ1n) is 7.73. The second-order valence-electron chi connectivity index (χ2n) is 5.26. The van der Waals surface area contributed by atoms with Crippen LogP contribution in [0.1, 0.15) is 30.3 Å². The maximum Gasteiger partial charge on any atom is 0.191 e. The predicted molar refractivity (Wildman–Crippen MR) is 93.5 cm³/mol. The van der Waals surface area contributed by atoms with Crippen molar-refractivity contribution in [3.8, 4) is 0 Å². The molecule has 0 atom stereocenters. The number of nitrogens with one attached hydrogen (secondary N) is 2. The zero-order valence-electron chi connectivity index (χ0n) is 13.6. The van der Waals surface area contributed by atoms with E-state index < -0.39 is 0 Å². The molecule has 0 aromatic carbocycles. The van der Waals surface area contributed by atoms with Gasteiger partial charge in [0, 0.05) is 25.3 Å². The summed E-state index contributed by atoms with van der Waals surface area (Å²) in [6.07, 6.45) is 1.02. The summed E-state index contributed by atoms with van der Waals surface area (Å²) in [6.45, 7) is 9.60. The van der Waals surface area contributed by atoms with E-state index in [0.29, 0.717) is 0 Å². The molecule has 120 valence electrons. The van der Waals surface area contributed by atoms with Gasteiger partial charge in [-0.2, -0.15) is 16.4 Å². The highest BCUT2D eigenvalue weighted by molar-refractivity contribution is 7.07. The van der Waals surface area contributed by atoms with Gasteiger partial charge in [0.2, 0.25) is 0 Å². The zero-order valence-corrected chi connectivity index (χ0v) is 14.4. The van der Waals surface area contributed by atoms with Crippen molar-refractivity contribution in [3.05, 3.63) is 39.8 Å². The molecule has 0 amide bonds. The Bertz CT molecular complexity index is 586. The van der Waals surface area contributed by atoms with Crippen LogP contribution in [0.5, 0.6) is 0 Å². The lowest BCUT2D eigenvalue weighted by Gasteiger charge is -2.11. The third-order valence-electron chi connectivity index (χ3n) is 3.29. The molecule has 2 rings (SSSR count). The average Bonchev–Trinajstić information content (AvgIpc) is 3.10. The largest absolute Gasteiger partial charge is 0.357 e. The van der Waals surface area contributed by atoms with Crippen LogP contribution in [0.2, 0.25) is 0 Å². The van der Waals surface area contributed by atoms with E-state index in [9.17, 15) is 0 Å². The van der Waals surface area contributed by atoms with Crippen LogP contribution in [-0.2, 0) is 13.1 Å². The van der Waals surface area contributed by atoms with Gasteiger partial charge in [-0.25, -0.2) is 4.99 Å². The molecule has 0 saturated heterocycles. The minimum Gasteiger partial charge on any atom is -0.357 e. The Labute approximate surface area is 136 Å². The van der Waals surface area contributed by atoms with Gasteiger partial charge in [-0.3, -0.25) is 4.68 Å². The maximum atomic E-state index is 4.60. The number of rotatable bonds is 7. The summed E-state index contributed by atoms with van der Waals surface area (Å²) in [5.41, 5.74) is 3.55. The summed E-state index contributed by atoms with van der Waals surface area (Å²) in [6, 6.07) is 4.22. The number of thiophene rings is 1. The molecule has 0 aliphatic rings. The number of hydrogen-bond donors (Lipinski definition) is 2. The van der Waals surface area contributed by atoms with E-state index in [4.69, 9.17) is 0 Å². The molecule has 6 heteroatoms. The number of aliphatic imine (C=N–C) groups is 1. The van der Waals surface area contributed by atoms with E-state index in [2.05, 4.69) is 62.1 Å². The Morgan fingerprint density at radius 1 is 1.36 bits per heavy atom. The van der Waals surface area contributed by atoms with Gasteiger partial charge >= 0.3 is 0 Å². The highest BCUT2D eigenvalue weighted by atomic mass is 32.1. The second kappa shape index (κ2) is 8.58. The zero-order chi connectivity index (χ0) is 15.8. The fourth-order valence-electron chi connectivity index (χ4n) is 2.23. The van der Waals surface area contributed by atoms with Crippen LogP contribution in [0.3, 0.4) is 0 Å². The second-order valence-corrected chi connectivity index (χ2v) is 6.04. The van der Waals surface area contributed by atoms with Crippen LogP contribution < -0.4 is 10.6 Å². The number of aryl methyl sites for hydroxylation is 3. The molecule has 0 aliphatic carbocycles. The Morgan fingerprint density at radius 2 is 2.23 bits per heavy atom. The van der Waals surface area contributed by atoms with Crippen LogP contribution >= 0.6 is 11.3 Å². The quantitative estimate of drug-likeness (QED) is 0.469. The summed E-state index contributed by atoms with van der Waals surface area (Å²) in [5, 5.41) is 15.4. The number of aromatic nitrogens is 2. The third-order valence-corrected chi connectivity index (χ3v) is 4.02. The number of nitrogens with zero attached hydrogens (tertiary/aromatic N) is 3. The van der Waals surface area contributed by atoms with Crippen molar-refractivity contribution in [2.75, 3.05) is 13.1 Å². The molecular weight excluding hydrogens is 294 g/mol. The fourth-order valence-corrected chi connectivity index (χ4v) is 2.89. The van der Waals surface area contributed by atoms with Crippen LogP contribution in [0.4, 0.5) is 0 Å². The van der Waals surface area contributed by atoms with Crippen molar-refractivity contribution in [2.24, 2.45) is 4.99 Å². The lowest BCUT2D eigenvalue weighted by molar-refractivity contribution is 0.555. The lowest BCUT2D eigenvalue weighted by atomic mass is 10.3. The maximum absolute atomic E-state index is 4.60. The molecule has 0 radical (unpaired) electrons. The van der Waals surface area contributed by atoms with Gasteiger partial charge in [-0.1, -0.05) is 0 Å². The predicted octanol–water partition coefficient (Wildman–Crippen LogP) is 2.71. The topological polar surface area (TPSA) is 54.2 Å². The minimum atomic E-state index is 0.719. The van der Waals surface area contributed by atoms with E-state index in [1.54, 1.807) is 11.3 Å². The van der Waals surface area contributed by atoms with Gasteiger partial charge in [-0.15, -0.1) is 0 Å². The van der Waals surface area contributed by atoms with Gasteiger partial charge < -0.3 is 10.6 Å². The van der Waals surface area contributed by atoms with Crippen LogP contribution in [0, 0.1) is 13.8 Å². The van der Waals surface area contributed by atoms with Crippen LogP contribution in [0.15, 0.2) is 27.9 Å². The van der Waals surface area contributed by atoms with Crippen molar-refractivity contribution in [1.29, 1.82) is 0 Å². The monoisotopic (exact) mass is 319 g/mol. The number of guanidine groups is 1. The van der Waals surface area contributed by atoms with E-state index in [1.807, 2.05) is 6.92 Å². The Hall–Kier alpha value is -1.82. The Kier molecular flexibility index (Phi) is 6.45. The minimum absolute atomic E-state index is 0.719. The molecule has 0 aliphatic heterocycles. The molecule has 0 bridgehead atoms. The summed E-state index contributed by atoms with van der Waals surface area (Å²) < 4.78 is 2.06. The third kappa shape index (κ3) is 5.18. The lowest BCUT2D eigenvalue weighted by Crippen LogP contribution is -2.38. The highest BCUT2D eigenvalue weighted by Crippen LogP contribution is 2.06. The van der Waals surface area contributed by atoms with Crippen molar-refractivity contribution < 1.29 is 0 Å². The van der Waals surface area contributed by atoms with Gasteiger partial charge in [0.15, 0.2) is 5.96 Å². The molecular formula is C16H25N5S. The molecule has 5 nitrogen and oxygen atoms in total. The summed E-state index contributed by atoms with van der Waals surface area (Å²) in [5.74, 6) is 0.877. The Morgan fingerprint density at radius 3 is 2.86 bits per heavy atom. The molecule has 22 heavy (non-hydrogen) atoms. The standard InChI is InChI=1S/C16H25N5S/c1-4-17-16(19-11-15-6-9-22-12-15)18-7-5-8-21-14(3)10-13(2)20-21/h6,9-10,12H,4-5,7-8,11H2,1-3H3,(H2,17,18,19). The molecule has 0 unspecified atom stereocenters. The fraction of sp³-hybridized carbons (Fsp3) is 0.500. The first-order valence-corrected chi connectivity index (χ1v) is 8.67. The molecule has 2 heterocycles.